The topological polar surface area (TPSA) is 61.2 Å². The summed E-state index contributed by atoms with van der Waals surface area (Å²) in [4.78, 5) is 10.7. The summed E-state index contributed by atoms with van der Waals surface area (Å²) in [6.45, 7) is 9.98. The Morgan fingerprint density at radius 2 is 1.67 bits per heavy atom. The van der Waals surface area contributed by atoms with Crippen LogP contribution in [0, 0.1) is 18.3 Å². The lowest BCUT2D eigenvalue weighted by atomic mass is 10.00. The number of aliphatic carboxylic acids is 1. The lowest BCUT2D eigenvalue weighted by molar-refractivity contribution is -0.139. The standard InChI is InChI=1S/C11H13NO2.2C2H6/c1-8-2-4-9(5-3-8)6-10(7-12)11(13)14;2*1-2/h2-5,7,10,12H,6H2,1H3,(H,13,14);2*1-2H3. The van der Waals surface area contributed by atoms with Gasteiger partial charge in [0.05, 0.1) is 5.92 Å². The molecule has 0 aliphatic rings. The molecule has 3 nitrogen and oxygen atoms in total. The predicted molar refractivity (Wildman–Crippen MR) is 77.5 cm³/mol. The zero-order valence-electron chi connectivity index (χ0n) is 12.0. The highest BCUT2D eigenvalue weighted by Crippen LogP contribution is 2.09. The van der Waals surface area contributed by atoms with Crippen LogP contribution in [0.4, 0.5) is 0 Å². The van der Waals surface area contributed by atoms with Crippen molar-refractivity contribution in [2.75, 3.05) is 0 Å². The monoisotopic (exact) mass is 251 g/mol. The Kier molecular flexibility index (Phi) is 12.3. The Balaban J connectivity index is 0. The maximum atomic E-state index is 10.7. The van der Waals surface area contributed by atoms with Crippen molar-refractivity contribution in [1.29, 1.82) is 5.41 Å². The number of hydrogen-bond acceptors (Lipinski definition) is 2. The van der Waals surface area contributed by atoms with Gasteiger partial charge in [-0.25, -0.2) is 0 Å². The molecule has 3 heteroatoms. The minimum Gasteiger partial charge on any atom is -0.481 e. The average Bonchev–Trinajstić information content (AvgIpc) is 2.42. The Morgan fingerprint density at radius 1 is 1.22 bits per heavy atom. The summed E-state index contributed by atoms with van der Waals surface area (Å²) in [5, 5.41) is 15.7. The molecule has 0 aliphatic carbocycles. The van der Waals surface area contributed by atoms with Crippen LogP contribution in [-0.2, 0) is 11.2 Å². The van der Waals surface area contributed by atoms with Crippen molar-refractivity contribution in [2.45, 2.75) is 41.0 Å². The molecule has 1 atom stereocenters. The molecule has 0 bridgehead atoms. The summed E-state index contributed by atoms with van der Waals surface area (Å²) in [6, 6.07) is 7.68. The van der Waals surface area contributed by atoms with Crippen molar-refractivity contribution in [3.05, 3.63) is 35.4 Å². The molecule has 0 heterocycles. The number of aryl methyl sites for hydroxylation is 1. The highest BCUT2D eigenvalue weighted by molar-refractivity contribution is 5.87. The van der Waals surface area contributed by atoms with Crippen molar-refractivity contribution in [3.63, 3.8) is 0 Å². The van der Waals surface area contributed by atoms with Gasteiger partial charge in [-0.2, -0.15) is 0 Å². The number of hydrogen-bond donors (Lipinski definition) is 2. The van der Waals surface area contributed by atoms with Gasteiger partial charge < -0.3 is 10.5 Å². The molecule has 0 aliphatic heterocycles. The minimum absolute atomic E-state index is 0.388. The molecule has 1 rings (SSSR count). The first-order valence-corrected chi connectivity index (χ1v) is 6.42. The lowest BCUT2D eigenvalue weighted by Crippen LogP contribution is -2.17. The Bertz CT molecular complexity index is 331. The fraction of sp³-hybridized carbons (Fsp3) is 0.467. The van der Waals surface area contributed by atoms with E-state index in [0.717, 1.165) is 17.3 Å². The van der Waals surface area contributed by atoms with E-state index in [9.17, 15) is 4.79 Å². The fourth-order valence-corrected chi connectivity index (χ4v) is 1.20. The second-order valence-electron chi connectivity index (χ2n) is 3.30. The van der Waals surface area contributed by atoms with Gasteiger partial charge in [0.15, 0.2) is 0 Å². The van der Waals surface area contributed by atoms with Crippen LogP contribution in [0.3, 0.4) is 0 Å². The largest absolute Gasteiger partial charge is 0.481 e. The van der Waals surface area contributed by atoms with Crippen LogP contribution in [0.2, 0.25) is 0 Å². The van der Waals surface area contributed by atoms with E-state index in [1.54, 1.807) is 0 Å². The summed E-state index contributed by atoms with van der Waals surface area (Å²) >= 11 is 0. The van der Waals surface area contributed by atoms with Crippen molar-refractivity contribution in [2.24, 2.45) is 5.92 Å². The summed E-state index contributed by atoms with van der Waals surface area (Å²) in [5.41, 5.74) is 2.10. The van der Waals surface area contributed by atoms with Crippen LogP contribution in [-0.4, -0.2) is 17.3 Å². The number of carboxylic acid groups (broad SMARTS) is 1. The van der Waals surface area contributed by atoms with Crippen LogP contribution in [0.25, 0.3) is 0 Å². The third-order valence-electron chi connectivity index (χ3n) is 2.09. The molecule has 0 saturated carbocycles. The zero-order valence-corrected chi connectivity index (χ0v) is 12.0. The van der Waals surface area contributed by atoms with E-state index in [-0.39, 0.29) is 0 Å². The number of carbonyl (C=O) groups is 1. The van der Waals surface area contributed by atoms with Gasteiger partial charge in [-0.1, -0.05) is 57.5 Å². The second kappa shape index (κ2) is 11.8. The highest BCUT2D eigenvalue weighted by Gasteiger charge is 2.14. The summed E-state index contributed by atoms with van der Waals surface area (Å²) in [7, 11) is 0. The van der Waals surface area contributed by atoms with Gasteiger partial charge in [0.25, 0.3) is 0 Å². The molecule has 0 radical (unpaired) electrons. The normalized spacial score (nSPS) is 10.1. The SMILES string of the molecule is CC.CC.Cc1ccc(CC(C=N)C(=O)O)cc1. The highest BCUT2D eigenvalue weighted by atomic mass is 16.4. The molecule has 102 valence electrons. The predicted octanol–water partition coefficient (Wildman–Crippen LogP) is 3.94. The van der Waals surface area contributed by atoms with E-state index in [1.807, 2.05) is 58.9 Å². The molecule has 0 saturated heterocycles. The van der Waals surface area contributed by atoms with E-state index < -0.39 is 11.9 Å². The molecular weight excluding hydrogens is 226 g/mol. The van der Waals surface area contributed by atoms with Gasteiger partial charge in [0.1, 0.15) is 0 Å². The molecule has 0 spiro atoms. The first kappa shape index (κ1) is 18.7. The zero-order chi connectivity index (χ0) is 14.6. The molecule has 1 aromatic rings. The van der Waals surface area contributed by atoms with Crippen molar-refractivity contribution in [3.8, 4) is 0 Å². The third-order valence-corrected chi connectivity index (χ3v) is 2.09. The third kappa shape index (κ3) is 7.60. The second-order valence-corrected chi connectivity index (χ2v) is 3.30. The molecule has 0 amide bonds. The molecule has 18 heavy (non-hydrogen) atoms. The van der Waals surface area contributed by atoms with Gasteiger partial charge in [0.2, 0.25) is 0 Å². The van der Waals surface area contributed by atoms with Gasteiger partial charge >= 0.3 is 5.97 Å². The van der Waals surface area contributed by atoms with Crippen LogP contribution in [0.15, 0.2) is 24.3 Å². The molecule has 1 unspecified atom stereocenters. The van der Waals surface area contributed by atoms with Crippen molar-refractivity contribution in [1.82, 2.24) is 0 Å². The lowest BCUT2D eigenvalue weighted by Gasteiger charge is -2.06. The molecule has 2 N–H and O–H groups in total. The number of rotatable bonds is 4. The quantitative estimate of drug-likeness (QED) is 0.796. The first-order chi connectivity index (χ1) is 8.63. The summed E-state index contributed by atoms with van der Waals surface area (Å²) in [5.74, 6) is -1.65. The maximum absolute atomic E-state index is 10.7. The summed E-state index contributed by atoms with van der Waals surface area (Å²) in [6.07, 6.45) is 1.36. The molecule has 1 aromatic carbocycles. The Morgan fingerprint density at radius 3 is 2.00 bits per heavy atom. The molecular formula is C15H25NO2. The van der Waals surface area contributed by atoms with Crippen molar-refractivity contribution < 1.29 is 9.90 Å². The number of benzene rings is 1. The van der Waals surface area contributed by atoms with E-state index in [4.69, 9.17) is 10.5 Å². The van der Waals surface area contributed by atoms with E-state index in [0.29, 0.717) is 6.42 Å². The molecule has 0 fully saturated rings. The number of carboxylic acids is 1. The Hall–Kier alpha value is -1.64. The van der Waals surface area contributed by atoms with Gasteiger partial charge in [-0.3, -0.25) is 4.79 Å². The summed E-state index contributed by atoms with van der Waals surface area (Å²) < 4.78 is 0. The van der Waals surface area contributed by atoms with Crippen LogP contribution < -0.4 is 0 Å². The molecule has 0 aromatic heterocycles. The van der Waals surface area contributed by atoms with Crippen LogP contribution in [0.5, 0.6) is 0 Å². The average molecular weight is 251 g/mol. The van der Waals surface area contributed by atoms with Gasteiger partial charge in [0, 0.05) is 6.21 Å². The minimum atomic E-state index is -0.944. The first-order valence-electron chi connectivity index (χ1n) is 6.42. The number of nitrogens with one attached hydrogen (secondary N) is 1. The van der Waals surface area contributed by atoms with Gasteiger partial charge in [-0.15, -0.1) is 0 Å². The van der Waals surface area contributed by atoms with Crippen molar-refractivity contribution >= 4 is 12.2 Å². The maximum Gasteiger partial charge on any atom is 0.312 e. The Labute approximate surface area is 110 Å². The van der Waals surface area contributed by atoms with Crippen LogP contribution in [0.1, 0.15) is 38.8 Å². The van der Waals surface area contributed by atoms with E-state index in [2.05, 4.69) is 0 Å². The van der Waals surface area contributed by atoms with Gasteiger partial charge in [-0.05, 0) is 18.9 Å². The van der Waals surface area contributed by atoms with Crippen LogP contribution >= 0.6 is 0 Å². The van der Waals surface area contributed by atoms with E-state index in [1.165, 1.54) is 0 Å². The van der Waals surface area contributed by atoms with E-state index >= 15 is 0 Å². The smallest absolute Gasteiger partial charge is 0.312 e. The fourth-order valence-electron chi connectivity index (χ4n) is 1.20.